The molecule has 1 aromatic carbocycles. The normalized spacial score (nSPS) is 11.8. The van der Waals surface area contributed by atoms with Crippen LogP contribution >= 0.6 is 0 Å². The Morgan fingerprint density at radius 1 is 1.23 bits per heavy atom. The zero-order valence-corrected chi connectivity index (χ0v) is 17.8. The van der Waals surface area contributed by atoms with Gasteiger partial charge in [-0.15, -0.1) is 0 Å². The van der Waals surface area contributed by atoms with Gasteiger partial charge in [0.15, 0.2) is 11.6 Å². The van der Waals surface area contributed by atoms with Crippen LogP contribution in [0.2, 0.25) is 0 Å². The molecule has 0 amide bonds. The van der Waals surface area contributed by atoms with Crippen LogP contribution in [0.4, 0.5) is 15.9 Å². The molecule has 3 aromatic rings. The van der Waals surface area contributed by atoms with Crippen LogP contribution in [-0.4, -0.2) is 41.5 Å². The number of aromatic nitrogens is 3. The van der Waals surface area contributed by atoms with Crippen molar-refractivity contribution < 1.29 is 17.6 Å². The maximum Gasteiger partial charge on any atom is 0.232 e. The molecule has 0 aliphatic heterocycles. The zero-order valence-electron chi connectivity index (χ0n) is 17.0. The van der Waals surface area contributed by atoms with Crippen molar-refractivity contribution in [2.45, 2.75) is 27.2 Å². The van der Waals surface area contributed by atoms with E-state index in [0.717, 1.165) is 0 Å². The quantitative estimate of drug-likeness (QED) is 0.444. The van der Waals surface area contributed by atoms with E-state index >= 15 is 4.39 Å². The van der Waals surface area contributed by atoms with E-state index in [2.05, 4.69) is 25.0 Å². The Labute approximate surface area is 174 Å². The summed E-state index contributed by atoms with van der Waals surface area (Å²) in [4.78, 5) is 24.4. The number of sulfonamides is 1. The molecule has 3 N–H and O–H groups in total. The van der Waals surface area contributed by atoms with Crippen molar-refractivity contribution in [3.63, 3.8) is 0 Å². The molecule has 0 saturated carbocycles. The number of hydrogen-bond donors (Lipinski definition) is 3. The number of nitrogens with one attached hydrogen (secondary N) is 3. The monoisotopic (exact) mass is 433 g/mol. The van der Waals surface area contributed by atoms with E-state index in [1.54, 1.807) is 6.92 Å². The van der Waals surface area contributed by atoms with E-state index in [1.165, 1.54) is 30.7 Å². The topological polar surface area (TPSA) is 117 Å². The Kier molecular flexibility index (Phi) is 6.35. The van der Waals surface area contributed by atoms with E-state index in [1.807, 2.05) is 13.8 Å². The van der Waals surface area contributed by atoms with Crippen LogP contribution in [0, 0.1) is 11.7 Å². The second kappa shape index (κ2) is 8.78. The van der Waals surface area contributed by atoms with Gasteiger partial charge in [0.25, 0.3) is 0 Å². The Balaban J connectivity index is 2.01. The molecule has 0 aliphatic carbocycles. The van der Waals surface area contributed by atoms with Gasteiger partial charge in [0.05, 0.1) is 28.0 Å². The molecular formula is C20H24FN5O3S. The van der Waals surface area contributed by atoms with Crippen molar-refractivity contribution in [3.05, 3.63) is 47.7 Å². The van der Waals surface area contributed by atoms with Crippen LogP contribution in [0.15, 0.2) is 30.7 Å². The molecule has 0 bridgehead atoms. The third-order valence-corrected chi connectivity index (χ3v) is 5.85. The molecule has 0 fully saturated rings. The first-order chi connectivity index (χ1) is 14.2. The molecule has 30 heavy (non-hydrogen) atoms. The Bertz CT molecular complexity index is 1170. The van der Waals surface area contributed by atoms with E-state index in [4.69, 9.17) is 0 Å². The second-order valence-electron chi connectivity index (χ2n) is 7.34. The van der Waals surface area contributed by atoms with E-state index in [0.29, 0.717) is 35.7 Å². The van der Waals surface area contributed by atoms with Crippen LogP contribution < -0.4 is 10.0 Å². The number of aromatic amines is 1. The van der Waals surface area contributed by atoms with E-state index < -0.39 is 21.6 Å². The summed E-state index contributed by atoms with van der Waals surface area (Å²) in [5, 5.41) is 3.64. The lowest BCUT2D eigenvalue weighted by Crippen LogP contribution is -2.18. The predicted molar refractivity (Wildman–Crippen MR) is 115 cm³/mol. The summed E-state index contributed by atoms with van der Waals surface area (Å²) in [6.07, 6.45) is 3.21. The maximum atomic E-state index is 15.0. The van der Waals surface area contributed by atoms with Gasteiger partial charge in [0, 0.05) is 12.7 Å². The summed E-state index contributed by atoms with van der Waals surface area (Å²) in [5.74, 6) is -0.852. The molecule has 0 radical (unpaired) electrons. The van der Waals surface area contributed by atoms with E-state index in [-0.39, 0.29) is 22.6 Å². The SMILES string of the molecule is CCCS(=O)(=O)Nc1cccc(C(=O)c2c[nH]c3ncnc(NCC(C)C)c23)c1F. The highest BCUT2D eigenvalue weighted by molar-refractivity contribution is 7.92. The minimum absolute atomic E-state index is 0.144. The van der Waals surface area contributed by atoms with Crippen molar-refractivity contribution in [1.82, 2.24) is 15.0 Å². The summed E-state index contributed by atoms with van der Waals surface area (Å²) in [6.45, 7) is 6.41. The number of carbonyl (C=O) groups is 1. The van der Waals surface area contributed by atoms with Gasteiger partial charge in [-0.2, -0.15) is 0 Å². The lowest BCUT2D eigenvalue weighted by Gasteiger charge is -2.11. The largest absolute Gasteiger partial charge is 0.369 e. The number of nitrogens with zero attached hydrogens (tertiary/aromatic N) is 2. The van der Waals surface area contributed by atoms with Crippen molar-refractivity contribution >= 4 is 38.3 Å². The van der Waals surface area contributed by atoms with Gasteiger partial charge in [-0.1, -0.05) is 26.8 Å². The molecule has 160 valence electrons. The van der Waals surface area contributed by atoms with Crippen LogP contribution in [0.25, 0.3) is 11.0 Å². The predicted octanol–water partition coefficient (Wildman–Crippen LogP) is 3.55. The number of fused-ring (bicyclic) bond motifs is 1. The molecule has 0 atom stereocenters. The first kappa shape index (κ1) is 21.7. The molecule has 3 rings (SSSR count). The first-order valence-corrected chi connectivity index (χ1v) is 11.3. The molecule has 0 spiro atoms. The molecule has 0 saturated heterocycles. The van der Waals surface area contributed by atoms with Gasteiger partial charge in [-0.3, -0.25) is 9.52 Å². The van der Waals surface area contributed by atoms with Crippen LogP contribution in [-0.2, 0) is 10.0 Å². The lowest BCUT2D eigenvalue weighted by molar-refractivity contribution is 0.103. The Hall–Kier alpha value is -3.01. The molecule has 2 heterocycles. The fraction of sp³-hybridized carbons (Fsp3) is 0.350. The average molecular weight is 434 g/mol. The van der Waals surface area contributed by atoms with Crippen LogP contribution in [0.5, 0.6) is 0 Å². The van der Waals surface area contributed by atoms with Crippen molar-refractivity contribution in [1.29, 1.82) is 0 Å². The summed E-state index contributed by atoms with van der Waals surface area (Å²) in [7, 11) is -3.70. The van der Waals surface area contributed by atoms with E-state index in [9.17, 15) is 13.2 Å². The van der Waals surface area contributed by atoms with Crippen molar-refractivity contribution in [2.24, 2.45) is 5.92 Å². The van der Waals surface area contributed by atoms with Gasteiger partial charge in [0.1, 0.15) is 17.8 Å². The van der Waals surface area contributed by atoms with Gasteiger partial charge in [0.2, 0.25) is 10.0 Å². The molecule has 0 aliphatic rings. The number of halogens is 1. The first-order valence-electron chi connectivity index (χ1n) is 9.63. The standard InChI is InChI=1S/C20H24FN5O3S/c1-4-8-30(28,29)26-15-7-5-6-13(17(15)21)18(27)14-10-23-20-16(14)19(24-11-25-20)22-9-12(2)3/h5-7,10-12,26H,4,8-9H2,1-3H3,(H2,22,23,24,25). The number of carbonyl (C=O) groups excluding carboxylic acids is 1. The minimum atomic E-state index is -3.70. The van der Waals surface area contributed by atoms with Gasteiger partial charge < -0.3 is 10.3 Å². The van der Waals surface area contributed by atoms with Crippen molar-refractivity contribution in [3.8, 4) is 0 Å². The smallest absolute Gasteiger partial charge is 0.232 e. The molecule has 0 unspecified atom stereocenters. The summed E-state index contributed by atoms with van der Waals surface area (Å²) in [5.41, 5.74) is 0.138. The average Bonchev–Trinajstić information content (AvgIpc) is 3.12. The lowest BCUT2D eigenvalue weighted by atomic mass is 10.0. The number of anilines is 2. The third kappa shape index (κ3) is 4.59. The highest BCUT2D eigenvalue weighted by Crippen LogP contribution is 2.28. The number of H-pyrrole nitrogens is 1. The Morgan fingerprint density at radius 2 is 2.00 bits per heavy atom. The molecule has 8 nitrogen and oxygen atoms in total. The highest BCUT2D eigenvalue weighted by atomic mass is 32.2. The number of benzene rings is 1. The molecule has 2 aromatic heterocycles. The Morgan fingerprint density at radius 3 is 2.70 bits per heavy atom. The number of hydrogen-bond acceptors (Lipinski definition) is 6. The van der Waals surface area contributed by atoms with Crippen molar-refractivity contribution in [2.75, 3.05) is 22.3 Å². The van der Waals surface area contributed by atoms with Gasteiger partial charge in [-0.25, -0.2) is 22.8 Å². The molecule has 10 heteroatoms. The second-order valence-corrected chi connectivity index (χ2v) is 9.18. The fourth-order valence-electron chi connectivity index (χ4n) is 3.00. The highest BCUT2D eigenvalue weighted by Gasteiger charge is 2.23. The van der Waals surface area contributed by atoms with Crippen LogP contribution in [0.1, 0.15) is 43.1 Å². The minimum Gasteiger partial charge on any atom is -0.369 e. The maximum absolute atomic E-state index is 15.0. The summed E-state index contributed by atoms with van der Waals surface area (Å²) >= 11 is 0. The molecular weight excluding hydrogens is 409 g/mol. The number of ketones is 1. The fourth-order valence-corrected chi connectivity index (χ4v) is 4.13. The number of rotatable bonds is 9. The van der Waals surface area contributed by atoms with Gasteiger partial charge >= 0.3 is 0 Å². The van der Waals surface area contributed by atoms with Crippen LogP contribution in [0.3, 0.4) is 0 Å². The summed E-state index contributed by atoms with van der Waals surface area (Å²) in [6, 6.07) is 4.04. The third-order valence-electron chi connectivity index (χ3n) is 4.37. The summed E-state index contributed by atoms with van der Waals surface area (Å²) < 4.78 is 41.3. The van der Waals surface area contributed by atoms with Gasteiger partial charge in [-0.05, 0) is 24.5 Å². The zero-order chi connectivity index (χ0) is 21.9.